The molecule has 0 N–H and O–H groups in total. The normalized spacial score (nSPS) is 16.4. The third kappa shape index (κ3) is 11.6. The zero-order valence-electron chi connectivity index (χ0n) is 16.3. The lowest BCUT2D eigenvalue weighted by Crippen LogP contribution is -3.00. The van der Waals surface area contributed by atoms with Crippen molar-refractivity contribution in [2.24, 2.45) is 0 Å². The first-order chi connectivity index (χ1) is 10.8. The largest absolute Gasteiger partial charge is 1.00 e. The predicted molar refractivity (Wildman–Crippen MR) is 100 cm³/mol. The minimum absolute atomic E-state index is 0. The van der Waals surface area contributed by atoms with Crippen LogP contribution in [0.2, 0.25) is 0 Å². The first kappa shape index (κ1) is 23.4. The Hall–Kier alpha value is 0.440. The van der Waals surface area contributed by atoms with Crippen molar-refractivity contribution >= 4 is 0 Å². The van der Waals surface area contributed by atoms with Crippen molar-refractivity contribution in [3.05, 3.63) is 0 Å². The Bertz CT molecular complexity index is 236. The van der Waals surface area contributed by atoms with Crippen LogP contribution in [0.25, 0.3) is 0 Å². The van der Waals surface area contributed by atoms with Gasteiger partial charge in [0.15, 0.2) is 0 Å². The summed E-state index contributed by atoms with van der Waals surface area (Å²) in [4.78, 5) is 0. The maximum absolute atomic E-state index is 2.40. The molecule has 0 atom stereocenters. The van der Waals surface area contributed by atoms with Gasteiger partial charge in [0.2, 0.25) is 0 Å². The third-order valence-corrected chi connectivity index (χ3v) is 5.92. The van der Waals surface area contributed by atoms with Crippen LogP contribution in [0.4, 0.5) is 0 Å². The van der Waals surface area contributed by atoms with Crippen molar-refractivity contribution < 1.29 is 21.5 Å². The molecule has 1 nitrogen and oxygen atoms in total. The summed E-state index contributed by atoms with van der Waals surface area (Å²) >= 11 is 0. The molecule has 0 aliphatic carbocycles. The first-order valence-electron chi connectivity index (χ1n) is 10.7. The first-order valence-corrected chi connectivity index (χ1v) is 10.7. The quantitative estimate of drug-likeness (QED) is 0.295. The summed E-state index contributed by atoms with van der Waals surface area (Å²) in [7, 11) is 0. The van der Waals surface area contributed by atoms with Gasteiger partial charge in [-0.3, -0.25) is 0 Å². The summed E-state index contributed by atoms with van der Waals surface area (Å²) < 4.78 is 1.44. The molecule has 1 aliphatic rings. The summed E-state index contributed by atoms with van der Waals surface area (Å²) in [5, 5.41) is 0. The highest BCUT2D eigenvalue weighted by Gasteiger charge is 2.28. The van der Waals surface area contributed by atoms with Gasteiger partial charge in [-0.25, -0.2) is 0 Å². The van der Waals surface area contributed by atoms with Gasteiger partial charge >= 0.3 is 0 Å². The monoisotopic (exact) mass is 389 g/mol. The molecule has 0 aromatic rings. The molecule has 0 bridgehead atoms. The summed E-state index contributed by atoms with van der Waals surface area (Å²) in [5.74, 6) is 0. The van der Waals surface area contributed by atoms with E-state index in [9.17, 15) is 0 Å². The second-order valence-electron chi connectivity index (χ2n) is 7.78. The second-order valence-corrected chi connectivity index (χ2v) is 7.78. The van der Waals surface area contributed by atoms with E-state index in [0.29, 0.717) is 0 Å². The number of hydrogen-bond acceptors (Lipinski definition) is 0. The van der Waals surface area contributed by atoms with E-state index in [1.165, 1.54) is 127 Å². The van der Waals surface area contributed by atoms with E-state index >= 15 is 0 Å². The molecule has 0 unspecified atom stereocenters. The molecular formula is C21H44BrN. The minimum atomic E-state index is 0. The average molecular weight is 390 g/mol. The van der Waals surface area contributed by atoms with Gasteiger partial charge < -0.3 is 21.5 Å². The molecule has 0 saturated carbocycles. The Morgan fingerprint density at radius 2 is 0.957 bits per heavy atom. The van der Waals surface area contributed by atoms with Crippen LogP contribution in [0.3, 0.4) is 0 Å². The van der Waals surface area contributed by atoms with Gasteiger partial charge in [0, 0.05) is 12.8 Å². The standard InChI is InChI=1S/C21H44N.BrH/c1-3-5-6-7-8-9-10-11-12-13-14-15-16-19-22(4-2)20-17-18-21-22;/h3-21H2,1-2H3;1H/q+1;/p-1. The fraction of sp³-hybridized carbons (Fsp3) is 1.00. The third-order valence-electron chi connectivity index (χ3n) is 5.92. The fourth-order valence-corrected chi connectivity index (χ4v) is 4.17. The molecule has 1 saturated heterocycles. The molecule has 140 valence electrons. The van der Waals surface area contributed by atoms with Crippen LogP contribution >= 0.6 is 0 Å². The second kappa shape index (κ2) is 15.9. The molecule has 1 aliphatic heterocycles. The maximum Gasteiger partial charge on any atom is 0.0788 e. The molecule has 1 fully saturated rings. The SMILES string of the molecule is CCCCCCCCCCCCCCC[N+]1(CC)CCCC1.[Br-]. The van der Waals surface area contributed by atoms with Crippen LogP contribution in [0.1, 0.15) is 110 Å². The van der Waals surface area contributed by atoms with E-state index in [-0.39, 0.29) is 17.0 Å². The van der Waals surface area contributed by atoms with Crippen LogP contribution in [0.5, 0.6) is 0 Å². The van der Waals surface area contributed by atoms with E-state index in [1.54, 1.807) is 0 Å². The fourth-order valence-electron chi connectivity index (χ4n) is 4.17. The van der Waals surface area contributed by atoms with Gasteiger partial charge in [0.05, 0.1) is 26.2 Å². The molecular weight excluding hydrogens is 346 g/mol. The summed E-state index contributed by atoms with van der Waals surface area (Å²) in [6, 6.07) is 0. The molecule has 0 amide bonds. The van der Waals surface area contributed by atoms with Crippen molar-refractivity contribution in [1.82, 2.24) is 0 Å². The molecule has 0 aromatic carbocycles. The number of unbranched alkanes of at least 4 members (excludes halogenated alkanes) is 12. The van der Waals surface area contributed by atoms with Crippen LogP contribution in [0, 0.1) is 0 Å². The van der Waals surface area contributed by atoms with E-state index in [2.05, 4.69) is 13.8 Å². The topological polar surface area (TPSA) is 0 Å². The van der Waals surface area contributed by atoms with Gasteiger partial charge in [0.1, 0.15) is 0 Å². The predicted octanol–water partition coefficient (Wildman–Crippen LogP) is 3.71. The van der Waals surface area contributed by atoms with Crippen molar-refractivity contribution in [2.75, 3.05) is 26.2 Å². The Morgan fingerprint density at radius 1 is 0.565 bits per heavy atom. The number of nitrogens with zero attached hydrogens (tertiary/aromatic N) is 1. The highest BCUT2D eigenvalue weighted by atomic mass is 79.9. The molecule has 23 heavy (non-hydrogen) atoms. The molecule has 1 heterocycles. The van der Waals surface area contributed by atoms with Crippen LogP contribution < -0.4 is 17.0 Å². The van der Waals surface area contributed by atoms with E-state index < -0.39 is 0 Å². The number of rotatable bonds is 15. The zero-order chi connectivity index (χ0) is 15.9. The lowest BCUT2D eigenvalue weighted by atomic mass is 10.0. The molecule has 0 radical (unpaired) electrons. The highest BCUT2D eigenvalue weighted by molar-refractivity contribution is 4.55. The summed E-state index contributed by atoms with van der Waals surface area (Å²) in [5.41, 5.74) is 0. The van der Waals surface area contributed by atoms with Gasteiger partial charge in [-0.1, -0.05) is 77.6 Å². The molecule has 0 spiro atoms. The lowest BCUT2D eigenvalue weighted by Gasteiger charge is -2.33. The van der Waals surface area contributed by atoms with Crippen molar-refractivity contribution in [3.63, 3.8) is 0 Å². The number of likely N-dealkylation sites (tertiary alicyclic amines) is 1. The smallest absolute Gasteiger partial charge is 0.0788 e. The van der Waals surface area contributed by atoms with Gasteiger partial charge in [0.25, 0.3) is 0 Å². The van der Waals surface area contributed by atoms with Crippen LogP contribution in [0.15, 0.2) is 0 Å². The van der Waals surface area contributed by atoms with Gasteiger partial charge in [-0.05, 0) is 19.8 Å². The summed E-state index contributed by atoms with van der Waals surface area (Å²) in [6.07, 6.45) is 22.1. The highest BCUT2D eigenvalue weighted by Crippen LogP contribution is 2.20. The Balaban J connectivity index is 0.00000484. The zero-order valence-corrected chi connectivity index (χ0v) is 17.8. The lowest BCUT2D eigenvalue weighted by molar-refractivity contribution is -0.915. The maximum atomic E-state index is 2.40. The minimum Gasteiger partial charge on any atom is -1.00 e. The Kier molecular flexibility index (Phi) is 16.2. The Morgan fingerprint density at radius 3 is 1.35 bits per heavy atom. The average Bonchev–Trinajstić information content (AvgIpc) is 3.01. The molecule has 0 aromatic heterocycles. The summed E-state index contributed by atoms with van der Waals surface area (Å²) in [6.45, 7) is 10.5. The van der Waals surface area contributed by atoms with E-state index in [4.69, 9.17) is 0 Å². The Labute approximate surface area is 158 Å². The number of hydrogen-bond donors (Lipinski definition) is 0. The molecule has 1 rings (SSSR count). The number of quaternary nitrogens is 1. The van der Waals surface area contributed by atoms with Gasteiger partial charge in [-0.15, -0.1) is 0 Å². The van der Waals surface area contributed by atoms with Gasteiger partial charge in [-0.2, -0.15) is 0 Å². The van der Waals surface area contributed by atoms with Crippen LogP contribution in [-0.4, -0.2) is 30.7 Å². The van der Waals surface area contributed by atoms with Crippen molar-refractivity contribution in [1.29, 1.82) is 0 Å². The number of halogens is 1. The van der Waals surface area contributed by atoms with E-state index in [1.807, 2.05) is 0 Å². The van der Waals surface area contributed by atoms with Crippen LogP contribution in [-0.2, 0) is 0 Å². The molecule has 2 heteroatoms. The van der Waals surface area contributed by atoms with E-state index in [0.717, 1.165) is 0 Å². The van der Waals surface area contributed by atoms with Crippen molar-refractivity contribution in [3.8, 4) is 0 Å². The van der Waals surface area contributed by atoms with Crippen molar-refractivity contribution in [2.45, 2.75) is 110 Å².